The summed E-state index contributed by atoms with van der Waals surface area (Å²) in [6, 6.07) is 9.80. The Labute approximate surface area is 126 Å². The summed E-state index contributed by atoms with van der Waals surface area (Å²) >= 11 is 1.82. The molecule has 108 valence electrons. The van der Waals surface area contributed by atoms with Crippen LogP contribution in [0.5, 0.6) is 0 Å². The van der Waals surface area contributed by atoms with Crippen molar-refractivity contribution in [1.82, 2.24) is 0 Å². The van der Waals surface area contributed by atoms with Crippen LogP contribution < -0.4 is 0 Å². The Kier molecular flexibility index (Phi) is 6.81. The van der Waals surface area contributed by atoms with Crippen LogP contribution in [0.25, 0.3) is 0 Å². The molecule has 1 aromatic carbocycles. The highest BCUT2D eigenvalue weighted by molar-refractivity contribution is 7.99. The van der Waals surface area contributed by atoms with Crippen LogP contribution in [0.1, 0.15) is 50.5 Å². The van der Waals surface area contributed by atoms with Gasteiger partial charge in [0.15, 0.2) is 0 Å². The van der Waals surface area contributed by atoms with Crippen LogP contribution in [0.4, 0.5) is 0 Å². The Bertz CT molecular complexity index is 488. The maximum atomic E-state index is 12.0. The van der Waals surface area contributed by atoms with Crippen molar-refractivity contribution >= 4 is 17.5 Å². The Morgan fingerprint density at radius 1 is 1.30 bits per heavy atom. The molecule has 0 spiro atoms. The molecule has 0 amide bonds. The molecule has 0 aliphatic heterocycles. The fourth-order valence-corrected chi connectivity index (χ4v) is 3.05. The van der Waals surface area contributed by atoms with Gasteiger partial charge >= 0.3 is 0 Å². The third-order valence-electron chi connectivity index (χ3n) is 3.05. The van der Waals surface area contributed by atoms with Gasteiger partial charge in [-0.25, -0.2) is 0 Å². The van der Waals surface area contributed by atoms with E-state index in [2.05, 4.69) is 19.9 Å². The Morgan fingerprint density at radius 3 is 2.55 bits per heavy atom. The van der Waals surface area contributed by atoms with E-state index < -0.39 is 0 Å². The van der Waals surface area contributed by atoms with E-state index in [0.717, 1.165) is 11.3 Å². The third-order valence-corrected chi connectivity index (χ3v) is 4.75. The number of thioether (sulfide) groups is 1. The summed E-state index contributed by atoms with van der Waals surface area (Å²) in [4.78, 5) is 12.0. The van der Waals surface area contributed by atoms with Gasteiger partial charge in [-0.05, 0) is 29.4 Å². The first-order valence-electron chi connectivity index (χ1n) is 7.08. The van der Waals surface area contributed by atoms with Crippen LogP contribution in [0.2, 0.25) is 0 Å². The SMILES string of the molecule is CC(C)CSC(CC(=O)C(C)C)c1cccc(C#N)c1. The molecule has 3 heteroatoms. The molecule has 1 unspecified atom stereocenters. The van der Waals surface area contributed by atoms with E-state index in [1.807, 2.05) is 43.8 Å². The standard InChI is InChI=1S/C17H23NOS/c1-12(2)11-20-17(9-16(19)13(3)4)15-7-5-6-14(8-15)10-18/h5-8,12-13,17H,9,11H2,1-4H3. The normalized spacial score (nSPS) is 12.4. The minimum atomic E-state index is 0.0660. The number of nitrogens with zero attached hydrogens (tertiary/aromatic N) is 1. The summed E-state index contributed by atoms with van der Waals surface area (Å²) in [6.45, 7) is 8.25. The van der Waals surface area contributed by atoms with E-state index in [-0.39, 0.29) is 17.0 Å². The maximum absolute atomic E-state index is 12.0. The number of carbonyl (C=O) groups is 1. The van der Waals surface area contributed by atoms with Gasteiger partial charge in [-0.1, -0.05) is 39.8 Å². The number of hydrogen-bond donors (Lipinski definition) is 0. The van der Waals surface area contributed by atoms with Crippen molar-refractivity contribution in [3.8, 4) is 6.07 Å². The summed E-state index contributed by atoms with van der Waals surface area (Å²) in [5.41, 5.74) is 1.75. The highest BCUT2D eigenvalue weighted by atomic mass is 32.2. The molecule has 0 heterocycles. The molecule has 1 atom stereocenters. The smallest absolute Gasteiger partial charge is 0.136 e. The van der Waals surface area contributed by atoms with Gasteiger partial charge < -0.3 is 0 Å². The number of hydrogen-bond acceptors (Lipinski definition) is 3. The average molecular weight is 289 g/mol. The van der Waals surface area contributed by atoms with Crippen molar-refractivity contribution in [2.45, 2.75) is 39.4 Å². The molecule has 1 aromatic rings. The zero-order chi connectivity index (χ0) is 15.1. The number of carbonyl (C=O) groups excluding carboxylic acids is 1. The fourth-order valence-electron chi connectivity index (χ4n) is 1.81. The zero-order valence-corrected chi connectivity index (χ0v) is 13.5. The lowest BCUT2D eigenvalue weighted by Gasteiger charge is -2.19. The predicted molar refractivity (Wildman–Crippen MR) is 85.7 cm³/mol. The number of nitriles is 1. The van der Waals surface area contributed by atoms with Crippen molar-refractivity contribution in [1.29, 1.82) is 5.26 Å². The molecule has 0 radical (unpaired) electrons. The first-order valence-corrected chi connectivity index (χ1v) is 8.13. The molecule has 1 rings (SSSR count). The van der Waals surface area contributed by atoms with Crippen LogP contribution in [0.3, 0.4) is 0 Å². The lowest BCUT2D eigenvalue weighted by molar-refractivity contribution is -0.121. The first kappa shape index (κ1) is 16.8. The van der Waals surface area contributed by atoms with Crippen LogP contribution in [-0.4, -0.2) is 11.5 Å². The second-order valence-electron chi connectivity index (χ2n) is 5.78. The minimum Gasteiger partial charge on any atom is -0.299 e. The molecule has 2 nitrogen and oxygen atoms in total. The molecular formula is C17H23NOS. The maximum Gasteiger partial charge on any atom is 0.136 e. The van der Waals surface area contributed by atoms with Gasteiger partial charge in [0, 0.05) is 17.6 Å². The average Bonchev–Trinajstić information content (AvgIpc) is 2.42. The van der Waals surface area contributed by atoms with E-state index in [9.17, 15) is 4.79 Å². The van der Waals surface area contributed by atoms with E-state index in [1.54, 1.807) is 6.07 Å². The number of rotatable bonds is 7. The van der Waals surface area contributed by atoms with Gasteiger partial charge in [0.1, 0.15) is 5.78 Å². The largest absolute Gasteiger partial charge is 0.299 e. The summed E-state index contributed by atoms with van der Waals surface area (Å²) in [5.74, 6) is 1.97. The van der Waals surface area contributed by atoms with Crippen molar-refractivity contribution in [3.63, 3.8) is 0 Å². The molecule has 20 heavy (non-hydrogen) atoms. The molecule has 0 saturated heterocycles. The molecule has 0 aliphatic carbocycles. The van der Waals surface area contributed by atoms with Crippen LogP contribution >= 0.6 is 11.8 Å². The van der Waals surface area contributed by atoms with Crippen molar-refractivity contribution in [2.75, 3.05) is 5.75 Å². The van der Waals surface area contributed by atoms with Gasteiger partial charge in [-0.15, -0.1) is 0 Å². The van der Waals surface area contributed by atoms with E-state index in [0.29, 0.717) is 17.9 Å². The fraction of sp³-hybridized carbons (Fsp3) is 0.529. The lowest BCUT2D eigenvalue weighted by Crippen LogP contribution is -2.12. The molecular weight excluding hydrogens is 266 g/mol. The second kappa shape index (κ2) is 8.11. The Hall–Kier alpha value is -1.27. The summed E-state index contributed by atoms with van der Waals surface area (Å²) in [5, 5.41) is 9.16. The lowest BCUT2D eigenvalue weighted by atomic mass is 9.99. The molecule has 0 aromatic heterocycles. The van der Waals surface area contributed by atoms with Crippen molar-refractivity contribution in [2.24, 2.45) is 11.8 Å². The summed E-state index contributed by atoms with van der Waals surface area (Å²) in [7, 11) is 0. The Morgan fingerprint density at radius 2 is 2.00 bits per heavy atom. The molecule has 0 saturated carbocycles. The molecule has 0 N–H and O–H groups in total. The Balaban J connectivity index is 2.90. The number of benzene rings is 1. The second-order valence-corrected chi connectivity index (χ2v) is 7.01. The first-order chi connectivity index (χ1) is 9.43. The van der Waals surface area contributed by atoms with Crippen LogP contribution in [0.15, 0.2) is 24.3 Å². The molecule has 0 fully saturated rings. The monoisotopic (exact) mass is 289 g/mol. The van der Waals surface area contributed by atoms with Gasteiger partial charge in [-0.3, -0.25) is 4.79 Å². The number of Topliss-reactive ketones (excluding diaryl/α,β-unsaturated/α-hetero) is 1. The molecule has 0 aliphatic rings. The van der Waals surface area contributed by atoms with Gasteiger partial charge in [0.05, 0.1) is 11.6 Å². The highest BCUT2D eigenvalue weighted by Gasteiger charge is 2.19. The molecule has 0 bridgehead atoms. The van der Waals surface area contributed by atoms with E-state index in [1.165, 1.54) is 0 Å². The minimum absolute atomic E-state index is 0.0660. The van der Waals surface area contributed by atoms with E-state index in [4.69, 9.17) is 5.26 Å². The summed E-state index contributed by atoms with van der Waals surface area (Å²) in [6.07, 6.45) is 0.546. The quantitative estimate of drug-likeness (QED) is 0.736. The highest BCUT2D eigenvalue weighted by Crippen LogP contribution is 2.34. The van der Waals surface area contributed by atoms with Gasteiger partial charge in [0.2, 0.25) is 0 Å². The van der Waals surface area contributed by atoms with Gasteiger partial charge in [0.25, 0.3) is 0 Å². The van der Waals surface area contributed by atoms with Crippen molar-refractivity contribution < 1.29 is 4.79 Å². The van der Waals surface area contributed by atoms with Crippen LogP contribution in [-0.2, 0) is 4.79 Å². The number of ketones is 1. The predicted octanol–water partition coefficient (Wildman–Crippen LogP) is 4.60. The van der Waals surface area contributed by atoms with Gasteiger partial charge in [-0.2, -0.15) is 17.0 Å². The van der Waals surface area contributed by atoms with Crippen molar-refractivity contribution in [3.05, 3.63) is 35.4 Å². The summed E-state index contributed by atoms with van der Waals surface area (Å²) < 4.78 is 0. The van der Waals surface area contributed by atoms with Crippen LogP contribution in [0, 0.1) is 23.2 Å². The third kappa shape index (κ3) is 5.38. The zero-order valence-electron chi connectivity index (χ0n) is 12.7. The topological polar surface area (TPSA) is 40.9 Å². The van der Waals surface area contributed by atoms with E-state index >= 15 is 0 Å².